The molecule has 6 rings (SSSR count). The van der Waals surface area contributed by atoms with Gasteiger partial charge in [-0.3, -0.25) is 14.2 Å². The largest absolute Gasteiger partial charge is 0.463 e. The molecule has 5 aliphatic rings. The Bertz CT molecular complexity index is 1670. The number of rotatable bonds is 13. The Balaban J connectivity index is 0.950. The van der Waals surface area contributed by atoms with E-state index in [1.165, 1.54) is 36.8 Å². The standard InChI is InChI=1S/C41H57F2N3O8/c1-24(12-19-31(47)28-15-16-28)29-17-18-30-27(8-6-21-40(29,30)3)14-13-26-7-4-9-32(25(26)2)53-36(49)11-5-10-35(48)52-23-33-37(50)41(42,43)38(54-33)46-22-20-34(44)45-39(46)51/h12-14,19-20,22,24-25,28-33,37-38,47,50H,4-11,15-18,21,23H2,1-3H3,(H2,44,45,51)/b19-12+,26-13-,27-14+/t24-,25?,29?,30?,31?,32-,33?,37?,38?,40+/m0/s1. The first-order valence-electron chi connectivity index (χ1n) is 19.9. The van der Waals surface area contributed by atoms with E-state index < -0.39 is 48.6 Å². The van der Waals surface area contributed by atoms with Crippen molar-refractivity contribution in [2.75, 3.05) is 12.3 Å². The number of aliphatic hydroxyl groups is 2. The van der Waals surface area contributed by atoms with Crippen LogP contribution in [0.4, 0.5) is 14.6 Å². The van der Waals surface area contributed by atoms with Gasteiger partial charge in [-0.15, -0.1) is 0 Å². The van der Waals surface area contributed by atoms with Gasteiger partial charge in [-0.05, 0) is 106 Å². The van der Waals surface area contributed by atoms with Crippen LogP contribution < -0.4 is 11.4 Å². The maximum absolute atomic E-state index is 14.8. The number of nitrogens with two attached hydrogens (primary N) is 1. The molecule has 10 atom stereocenters. The molecule has 4 N–H and O–H groups in total. The second-order valence-electron chi connectivity index (χ2n) is 16.6. The number of carbonyl (C=O) groups is 2. The Morgan fingerprint density at radius 2 is 1.81 bits per heavy atom. The number of nitrogen functional groups attached to an aromatic ring is 1. The van der Waals surface area contributed by atoms with Crippen molar-refractivity contribution in [3.05, 3.63) is 58.2 Å². The van der Waals surface area contributed by atoms with Crippen molar-refractivity contribution in [2.24, 2.45) is 35.0 Å². The summed E-state index contributed by atoms with van der Waals surface area (Å²) in [6, 6.07) is 1.15. The number of hydrogen-bond acceptors (Lipinski definition) is 10. The molecule has 298 valence electrons. The van der Waals surface area contributed by atoms with Crippen LogP contribution in [0.5, 0.6) is 0 Å². The summed E-state index contributed by atoms with van der Waals surface area (Å²) in [5.74, 6) is -3.06. The van der Waals surface area contributed by atoms with E-state index in [4.69, 9.17) is 19.9 Å². The highest BCUT2D eigenvalue weighted by molar-refractivity contribution is 5.72. The Morgan fingerprint density at radius 1 is 1.09 bits per heavy atom. The third kappa shape index (κ3) is 8.83. The number of aromatic nitrogens is 2. The van der Waals surface area contributed by atoms with Gasteiger partial charge in [0.1, 0.15) is 24.6 Å². The maximum Gasteiger partial charge on any atom is 0.351 e. The van der Waals surface area contributed by atoms with Crippen LogP contribution in [0.3, 0.4) is 0 Å². The molecule has 11 nitrogen and oxygen atoms in total. The van der Waals surface area contributed by atoms with Crippen LogP contribution in [0, 0.1) is 35.0 Å². The molecule has 4 saturated carbocycles. The number of esters is 2. The molecule has 0 bridgehead atoms. The number of hydrogen-bond donors (Lipinski definition) is 3. The molecule has 4 aliphatic carbocycles. The minimum absolute atomic E-state index is 0.00818. The van der Waals surface area contributed by atoms with Gasteiger partial charge in [0.05, 0.1) is 6.10 Å². The van der Waals surface area contributed by atoms with Gasteiger partial charge in [-0.1, -0.05) is 56.2 Å². The normalized spacial score (nSPS) is 34.9. The molecule has 1 saturated heterocycles. The van der Waals surface area contributed by atoms with Crippen LogP contribution in [-0.4, -0.2) is 68.6 Å². The van der Waals surface area contributed by atoms with E-state index in [-0.39, 0.29) is 48.6 Å². The van der Waals surface area contributed by atoms with Crippen LogP contribution in [0.15, 0.2) is 52.5 Å². The molecular formula is C41H57F2N3O8. The molecule has 1 aromatic heterocycles. The lowest BCUT2D eigenvalue weighted by atomic mass is 9.61. The third-order valence-electron chi connectivity index (χ3n) is 12.9. The topological polar surface area (TPSA) is 163 Å². The van der Waals surface area contributed by atoms with E-state index in [9.17, 15) is 33.4 Å². The van der Waals surface area contributed by atoms with Gasteiger partial charge in [-0.2, -0.15) is 13.8 Å². The lowest BCUT2D eigenvalue weighted by Crippen LogP contribution is -2.42. The number of aliphatic hydroxyl groups excluding tert-OH is 2. The van der Waals surface area contributed by atoms with Gasteiger partial charge in [0.15, 0.2) is 6.10 Å². The van der Waals surface area contributed by atoms with Gasteiger partial charge in [0.25, 0.3) is 0 Å². The molecule has 1 aromatic rings. The highest BCUT2D eigenvalue weighted by atomic mass is 19.3. The van der Waals surface area contributed by atoms with Crippen LogP contribution >= 0.6 is 0 Å². The Hall–Kier alpha value is -3.42. The van der Waals surface area contributed by atoms with E-state index in [1.807, 2.05) is 6.08 Å². The summed E-state index contributed by atoms with van der Waals surface area (Å²) >= 11 is 0. The number of carbonyl (C=O) groups excluding carboxylic acids is 2. The highest BCUT2D eigenvalue weighted by Crippen LogP contribution is 2.59. The van der Waals surface area contributed by atoms with Crippen molar-refractivity contribution in [1.82, 2.24) is 9.55 Å². The molecule has 0 radical (unpaired) electrons. The number of halogens is 2. The number of anilines is 1. The Morgan fingerprint density at radius 3 is 2.56 bits per heavy atom. The summed E-state index contributed by atoms with van der Waals surface area (Å²) in [5, 5.41) is 20.6. The minimum atomic E-state index is -3.86. The molecule has 0 amide bonds. The number of fused-ring (bicyclic) bond motifs is 1. The molecule has 13 heteroatoms. The fourth-order valence-corrected chi connectivity index (χ4v) is 9.56. The predicted molar refractivity (Wildman–Crippen MR) is 197 cm³/mol. The average Bonchev–Trinajstić information content (AvgIpc) is 3.88. The van der Waals surface area contributed by atoms with Crippen molar-refractivity contribution >= 4 is 17.8 Å². The predicted octanol–water partition coefficient (Wildman–Crippen LogP) is 6.20. The van der Waals surface area contributed by atoms with E-state index in [2.05, 4.69) is 44.0 Å². The molecule has 2 heterocycles. The second-order valence-corrected chi connectivity index (χ2v) is 16.6. The fraction of sp³-hybridized carbons (Fsp3) is 0.707. The van der Waals surface area contributed by atoms with Gasteiger partial charge >= 0.3 is 23.6 Å². The van der Waals surface area contributed by atoms with Crippen molar-refractivity contribution in [1.29, 1.82) is 0 Å². The Kier molecular flexibility index (Phi) is 12.5. The SMILES string of the molecule is CC1/C(=C\C=C2/CCC[C@@]3(C)C2CCC3[C@@H](C)/C=C/C(O)C2CC2)CCC[C@@H]1OC(=O)CCCC(=O)OCC1OC(n2ccc(N)nc2=O)C(F)(F)C1O. The van der Waals surface area contributed by atoms with Crippen molar-refractivity contribution in [2.45, 2.75) is 141 Å². The first-order valence-corrected chi connectivity index (χ1v) is 19.9. The summed E-state index contributed by atoms with van der Waals surface area (Å²) in [6.07, 6.45) is 14.1. The van der Waals surface area contributed by atoms with E-state index in [1.54, 1.807) is 0 Å². The lowest BCUT2D eigenvalue weighted by Gasteiger charge is -2.44. The Labute approximate surface area is 316 Å². The maximum atomic E-state index is 14.8. The number of alkyl halides is 2. The van der Waals surface area contributed by atoms with E-state index >= 15 is 0 Å². The zero-order valence-corrected chi connectivity index (χ0v) is 31.7. The molecule has 5 fully saturated rings. The number of ether oxygens (including phenoxy) is 3. The van der Waals surface area contributed by atoms with Gasteiger partial charge < -0.3 is 30.2 Å². The van der Waals surface area contributed by atoms with Crippen molar-refractivity contribution in [3.63, 3.8) is 0 Å². The molecule has 0 spiro atoms. The molecule has 54 heavy (non-hydrogen) atoms. The third-order valence-corrected chi connectivity index (χ3v) is 12.9. The van der Waals surface area contributed by atoms with E-state index in [0.29, 0.717) is 28.2 Å². The van der Waals surface area contributed by atoms with Crippen molar-refractivity contribution < 1.29 is 42.8 Å². The lowest BCUT2D eigenvalue weighted by molar-refractivity contribution is -0.153. The zero-order chi connectivity index (χ0) is 38.8. The van der Waals surface area contributed by atoms with Crippen LogP contribution in [0.1, 0.15) is 110 Å². The summed E-state index contributed by atoms with van der Waals surface area (Å²) in [5.41, 5.74) is 7.41. The summed E-state index contributed by atoms with van der Waals surface area (Å²) in [6.45, 7) is 6.24. The molecule has 7 unspecified atom stereocenters. The molecule has 0 aromatic carbocycles. The number of allylic oxidation sites excluding steroid dienone is 4. The summed E-state index contributed by atoms with van der Waals surface area (Å²) in [7, 11) is 0. The van der Waals surface area contributed by atoms with E-state index in [0.717, 1.165) is 50.8 Å². The van der Waals surface area contributed by atoms with Crippen molar-refractivity contribution in [3.8, 4) is 0 Å². The van der Waals surface area contributed by atoms with Crippen LogP contribution in [0.25, 0.3) is 0 Å². The summed E-state index contributed by atoms with van der Waals surface area (Å²) in [4.78, 5) is 40.7. The van der Waals surface area contributed by atoms with Gasteiger partial charge in [0, 0.05) is 25.0 Å². The zero-order valence-electron chi connectivity index (χ0n) is 31.7. The van der Waals surface area contributed by atoms with Crippen LogP contribution in [0.2, 0.25) is 0 Å². The number of nitrogens with zero attached hydrogens (tertiary/aromatic N) is 2. The first-order chi connectivity index (χ1) is 25.7. The summed E-state index contributed by atoms with van der Waals surface area (Å²) < 4.78 is 46.2. The van der Waals surface area contributed by atoms with Gasteiger partial charge in [-0.25, -0.2) is 4.79 Å². The molecular weight excluding hydrogens is 700 g/mol. The fourth-order valence-electron chi connectivity index (χ4n) is 9.56. The molecule has 1 aliphatic heterocycles. The first kappa shape index (κ1) is 40.2. The van der Waals surface area contributed by atoms with Gasteiger partial charge in [0.2, 0.25) is 6.23 Å². The minimum Gasteiger partial charge on any atom is -0.463 e. The monoisotopic (exact) mass is 757 g/mol. The smallest absolute Gasteiger partial charge is 0.351 e. The quantitative estimate of drug-likeness (QED) is 0.156. The highest BCUT2D eigenvalue weighted by Gasteiger charge is 2.60. The van der Waals surface area contributed by atoms with Crippen LogP contribution in [-0.2, 0) is 23.8 Å². The average molecular weight is 758 g/mol. The second kappa shape index (κ2) is 16.8.